The van der Waals surface area contributed by atoms with Gasteiger partial charge in [0, 0.05) is 0 Å². The van der Waals surface area contributed by atoms with E-state index in [-0.39, 0.29) is 6.10 Å². The Morgan fingerprint density at radius 2 is 2.30 bits per heavy atom. The zero-order chi connectivity index (χ0) is 7.61. The fourth-order valence-corrected chi connectivity index (χ4v) is 2.63. The van der Waals surface area contributed by atoms with E-state index in [4.69, 9.17) is 13.8 Å². The average Bonchev–Trinajstić information content (AvgIpc) is 2.12. The van der Waals surface area contributed by atoms with Crippen LogP contribution in [0, 0.1) is 0 Å². The molecule has 0 aliphatic carbocycles. The van der Waals surface area contributed by atoms with Crippen LogP contribution in [0.15, 0.2) is 0 Å². The van der Waals surface area contributed by atoms with Gasteiger partial charge >= 0.3 is 61.3 Å². The van der Waals surface area contributed by atoms with Gasteiger partial charge in [0.1, 0.15) is 0 Å². The van der Waals surface area contributed by atoms with Crippen molar-refractivity contribution in [2.75, 3.05) is 33.7 Å². The van der Waals surface area contributed by atoms with E-state index in [1.165, 1.54) is 0 Å². The molecular formula is C6H15O3P. The van der Waals surface area contributed by atoms with E-state index in [0.29, 0.717) is 13.2 Å². The molecule has 0 aromatic heterocycles. The quantitative estimate of drug-likeness (QED) is 0.570. The van der Waals surface area contributed by atoms with Gasteiger partial charge in [-0.15, -0.1) is 0 Å². The molecule has 0 bridgehead atoms. The van der Waals surface area contributed by atoms with Gasteiger partial charge in [-0.2, -0.15) is 0 Å². The van der Waals surface area contributed by atoms with E-state index >= 15 is 0 Å². The van der Waals surface area contributed by atoms with E-state index < -0.39 is 7.72 Å². The molecule has 62 valence electrons. The van der Waals surface area contributed by atoms with Gasteiger partial charge in [-0.3, -0.25) is 0 Å². The van der Waals surface area contributed by atoms with Crippen molar-refractivity contribution in [2.24, 2.45) is 0 Å². The Hall–Kier alpha value is 0.310. The summed E-state index contributed by atoms with van der Waals surface area (Å²) >= 11 is 0. The second-order valence-electron chi connectivity index (χ2n) is 2.91. The molecule has 0 unspecified atom stereocenters. The maximum absolute atomic E-state index is 5.58. The Morgan fingerprint density at radius 3 is 2.70 bits per heavy atom. The van der Waals surface area contributed by atoms with E-state index in [2.05, 4.69) is 0 Å². The van der Waals surface area contributed by atoms with Crippen molar-refractivity contribution < 1.29 is 13.8 Å². The summed E-state index contributed by atoms with van der Waals surface area (Å²) in [5.74, 6) is 0. The summed E-state index contributed by atoms with van der Waals surface area (Å²) in [7, 11) is -0.0436. The normalized spacial score (nSPS) is 34.1. The number of hydrogen-bond donors (Lipinski definition) is 0. The molecule has 1 rings (SSSR count). The summed E-state index contributed by atoms with van der Waals surface area (Å²) in [5, 5.41) is 0. The zero-order valence-electron chi connectivity index (χ0n) is 6.72. The van der Waals surface area contributed by atoms with Gasteiger partial charge in [-0.05, 0) is 0 Å². The van der Waals surface area contributed by atoms with Crippen molar-refractivity contribution in [3.05, 3.63) is 0 Å². The molecule has 0 spiro atoms. The minimum absolute atomic E-state index is 0.173. The molecule has 1 atom stereocenters. The molecule has 1 fully saturated rings. The number of rotatable bonds is 2. The molecule has 1 aliphatic rings. The predicted molar refractivity (Wildman–Crippen MR) is 42.9 cm³/mol. The molecule has 10 heavy (non-hydrogen) atoms. The molecule has 4 heteroatoms. The number of methoxy groups -OCH3 is 1. The molecule has 0 aromatic rings. The SMILES string of the molecule is COC[C@@H]1CO[PH](C)(C)O1. The molecule has 3 nitrogen and oxygen atoms in total. The molecule has 0 N–H and O–H groups in total. The minimum atomic E-state index is -1.72. The first kappa shape index (κ1) is 8.41. The molecule has 0 aromatic carbocycles. The van der Waals surface area contributed by atoms with Crippen molar-refractivity contribution >= 4 is 7.72 Å². The Morgan fingerprint density at radius 1 is 1.60 bits per heavy atom. The first-order chi connectivity index (χ1) is 4.64. The zero-order valence-corrected chi connectivity index (χ0v) is 7.72. The molecule has 1 aliphatic heterocycles. The molecule has 1 saturated heterocycles. The molecule has 0 radical (unpaired) electrons. The van der Waals surface area contributed by atoms with Crippen LogP contribution in [-0.2, 0) is 13.8 Å². The summed E-state index contributed by atoms with van der Waals surface area (Å²) in [5.41, 5.74) is 0. The van der Waals surface area contributed by atoms with Crippen molar-refractivity contribution in [3.8, 4) is 0 Å². The van der Waals surface area contributed by atoms with Crippen molar-refractivity contribution in [1.82, 2.24) is 0 Å². The Labute approximate surface area is 62.2 Å². The summed E-state index contributed by atoms with van der Waals surface area (Å²) < 4.78 is 16.0. The number of hydrogen-bond acceptors (Lipinski definition) is 3. The second-order valence-corrected chi connectivity index (χ2v) is 6.23. The van der Waals surface area contributed by atoms with Gasteiger partial charge in [-0.1, -0.05) is 0 Å². The molecule has 0 saturated carbocycles. The van der Waals surface area contributed by atoms with E-state index in [9.17, 15) is 0 Å². The van der Waals surface area contributed by atoms with Crippen LogP contribution in [0.2, 0.25) is 0 Å². The molecule has 1 heterocycles. The van der Waals surface area contributed by atoms with Crippen molar-refractivity contribution in [3.63, 3.8) is 0 Å². The van der Waals surface area contributed by atoms with Crippen molar-refractivity contribution in [1.29, 1.82) is 0 Å². The summed E-state index contributed by atoms with van der Waals surface area (Å²) in [4.78, 5) is 0. The monoisotopic (exact) mass is 166 g/mol. The maximum atomic E-state index is 5.58. The fraction of sp³-hybridized carbons (Fsp3) is 1.00. The Balaban J connectivity index is 2.29. The van der Waals surface area contributed by atoms with Gasteiger partial charge in [-0.25, -0.2) is 0 Å². The third-order valence-corrected chi connectivity index (χ3v) is 3.18. The van der Waals surface area contributed by atoms with Crippen LogP contribution < -0.4 is 0 Å². The average molecular weight is 166 g/mol. The van der Waals surface area contributed by atoms with Crippen LogP contribution in [0.5, 0.6) is 0 Å². The first-order valence-corrected chi connectivity index (χ1v) is 6.26. The third-order valence-electron chi connectivity index (χ3n) is 1.42. The van der Waals surface area contributed by atoms with Gasteiger partial charge in [0.25, 0.3) is 0 Å². The van der Waals surface area contributed by atoms with Gasteiger partial charge in [0.15, 0.2) is 0 Å². The van der Waals surface area contributed by atoms with Crippen LogP contribution in [0.1, 0.15) is 0 Å². The summed E-state index contributed by atoms with van der Waals surface area (Å²) in [6.45, 7) is 5.44. The molecular weight excluding hydrogens is 151 g/mol. The van der Waals surface area contributed by atoms with Crippen LogP contribution in [-0.4, -0.2) is 39.8 Å². The van der Waals surface area contributed by atoms with Gasteiger partial charge < -0.3 is 0 Å². The topological polar surface area (TPSA) is 27.7 Å². The van der Waals surface area contributed by atoms with E-state index in [1.807, 2.05) is 13.3 Å². The van der Waals surface area contributed by atoms with E-state index in [0.717, 1.165) is 0 Å². The predicted octanol–water partition coefficient (Wildman–Crippen LogP) is 0.888. The first-order valence-electron chi connectivity index (χ1n) is 3.45. The Bertz CT molecular complexity index is 116. The summed E-state index contributed by atoms with van der Waals surface area (Å²) in [6, 6.07) is 0. The fourth-order valence-electron chi connectivity index (χ4n) is 1.03. The van der Waals surface area contributed by atoms with Crippen LogP contribution >= 0.6 is 7.72 Å². The Kier molecular flexibility index (Phi) is 2.64. The second kappa shape index (κ2) is 3.14. The molecule has 0 amide bonds. The van der Waals surface area contributed by atoms with Crippen LogP contribution in [0.3, 0.4) is 0 Å². The number of ether oxygens (including phenoxy) is 1. The van der Waals surface area contributed by atoms with E-state index in [1.54, 1.807) is 7.11 Å². The standard InChI is InChI=1S/C6H15O3P/c1-7-4-6-5-8-10(2,3)9-6/h6,10H,4-5H2,1-3H3/t6-/m1/s1. The summed E-state index contributed by atoms with van der Waals surface area (Å²) in [6.07, 6.45) is 0.173. The van der Waals surface area contributed by atoms with Crippen molar-refractivity contribution in [2.45, 2.75) is 6.10 Å². The van der Waals surface area contributed by atoms with Crippen LogP contribution in [0.4, 0.5) is 0 Å². The van der Waals surface area contributed by atoms with Gasteiger partial charge in [0.05, 0.1) is 0 Å². The van der Waals surface area contributed by atoms with Gasteiger partial charge in [0.2, 0.25) is 0 Å². The van der Waals surface area contributed by atoms with Crippen LogP contribution in [0.25, 0.3) is 0 Å². The third kappa shape index (κ3) is 2.17.